The van der Waals surface area contributed by atoms with E-state index in [2.05, 4.69) is 9.46 Å². The lowest BCUT2D eigenvalue weighted by molar-refractivity contribution is 0.0600. The average molecular weight is 374 g/mol. The molecule has 0 aliphatic rings. The van der Waals surface area contributed by atoms with Crippen molar-refractivity contribution in [2.24, 2.45) is 0 Å². The van der Waals surface area contributed by atoms with Crippen LogP contribution in [0.5, 0.6) is 0 Å². The first-order chi connectivity index (χ1) is 10.8. The first-order valence-electron chi connectivity index (χ1n) is 6.43. The van der Waals surface area contributed by atoms with Crippen molar-refractivity contribution in [3.05, 3.63) is 63.6 Å². The molecule has 23 heavy (non-hydrogen) atoms. The topological polar surface area (TPSA) is 72.5 Å². The third-order valence-electron chi connectivity index (χ3n) is 2.87. The maximum atomic E-state index is 12.2. The molecule has 0 unspecified atom stereocenters. The molecule has 0 aliphatic carbocycles. The Labute approximate surface area is 144 Å². The molecular weight excluding hydrogens is 361 g/mol. The van der Waals surface area contributed by atoms with E-state index in [-0.39, 0.29) is 11.4 Å². The molecular formula is C15H13Cl2NO4S. The van der Waals surface area contributed by atoms with Crippen LogP contribution in [0.3, 0.4) is 0 Å². The molecule has 0 amide bonds. The fourth-order valence-corrected chi connectivity index (χ4v) is 3.61. The van der Waals surface area contributed by atoms with Crippen molar-refractivity contribution < 1.29 is 17.9 Å². The van der Waals surface area contributed by atoms with Crippen molar-refractivity contribution in [3.63, 3.8) is 0 Å². The number of carbonyl (C=O) groups is 1. The zero-order chi connectivity index (χ0) is 17.0. The maximum Gasteiger partial charge on any atom is 0.337 e. The highest BCUT2D eigenvalue weighted by atomic mass is 35.5. The summed E-state index contributed by atoms with van der Waals surface area (Å²) >= 11 is 11.7. The van der Waals surface area contributed by atoms with E-state index in [1.807, 2.05) is 0 Å². The summed E-state index contributed by atoms with van der Waals surface area (Å²) < 4.78 is 31.3. The summed E-state index contributed by atoms with van der Waals surface area (Å²) in [5.41, 5.74) is 1.16. The van der Waals surface area contributed by atoms with Gasteiger partial charge >= 0.3 is 5.97 Å². The highest BCUT2D eigenvalue weighted by Crippen LogP contribution is 2.23. The van der Waals surface area contributed by atoms with Gasteiger partial charge in [0, 0.05) is 10.0 Å². The fraction of sp³-hybridized carbons (Fsp3) is 0.133. The standard InChI is InChI=1S/C15H13Cl2NO4S/c1-22-15(19)11-4-2-10(3-5-11)9-23(20,21)18-14-7-12(16)6-13(17)8-14/h2-8,18H,9H2,1H3. The number of hydrogen-bond acceptors (Lipinski definition) is 4. The van der Waals surface area contributed by atoms with E-state index in [1.165, 1.54) is 37.4 Å². The van der Waals surface area contributed by atoms with Gasteiger partial charge < -0.3 is 4.74 Å². The number of methoxy groups -OCH3 is 1. The number of hydrogen-bond donors (Lipinski definition) is 1. The van der Waals surface area contributed by atoms with E-state index >= 15 is 0 Å². The third-order valence-corrected chi connectivity index (χ3v) is 4.56. The summed E-state index contributed by atoms with van der Waals surface area (Å²) in [6, 6.07) is 10.6. The van der Waals surface area contributed by atoms with Crippen LogP contribution in [0.15, 0.2) is 42.5 Å². The molecule has 8 heteroatoms. The third kappa shape index (κ3) is 5.13. The van der Waals surface area contributed by atoms with Crippen molar-refractivity contribution in [1.29, 1.82) is 0 Å². The molecule has 0 saturated carbocycles. The van der Waals surface area contributed by atoms with Gasteiger partial charge in [-0.15, -0.1) is 0 Å². The van der Waals surface area contributed by atoms with Crippen LogP contribution >= 0.6 is 23.2 Å². The van der Waals surface area contributed by atoms with E-state index in [0.29, 0.717) is 21.2 Å². The molecule has 0 spiro atoms. The van der Waals surface area contributed by atoms with Gasteiger partial charge in [-0.1, -0.05) is 35.3 Å². The Bertz CT molecular complexity index is 800. The minimum atomic E-state index is -3.64. The van der Waals surface area contributed by atoms with Crippen LogP contribution < -0.4 is 4.72 Å². The molecule has 0 bridgehead atoms. The summed E-state index contributed by atoms with van der Waals surface area (Å²) in [5, 5.41) is 0.662. The van der Waals surface area contributed by atoms with Crippen molar-refractivity contribution in [2.75, 3.05) is 11.8 Å². The van der Waals surface area contributed by atoms with Crippen molar-refractivity contribution in [3.8, 4) is 0 Å². The molecule has 0 atom stereocenters. The van der Waals surface area contributed by atoms with Gasteiger partial charge in [-0.3, -0.25) is 4.72 Å². The Hall–Kier alpha value is -1.76. The first-order valence-corrected chi connectivity index (χ1v) is 8.84. The molecule has 122 valence electrons. The SMILES string of the molecule is COC(=O)c1ccc(CS(=O)(=O)Nc2cc(Cl)cc(Cl)c2)cc1. The summed E-state index contributed by atoms with van der Waals surface area (Å²) in [4.78, 5) is 11.3. The zero-order valence-corrected chi connectivity index (χ0v) is 14.4. The number of halogens is 2. The van der Waals surface area contributed by atoms with Crippen LogP contribution in [0.1, 0.15) is 15.9 Å². The Kier molecular flexibility index (Phi) is 5.51. The Morgan fingerprint density at radius 2 is 1.65 bits per heavy atom. The number of carbonyl (C=O) groups excluding carboxylic acids is 1. The maximum absolute atomic E-state index is 12.2. The van der Waals surface area contributed by atoms with Gasteiger partial charge in [-0.25, -0.2) is 13.2 Å². The molecule has 5 nitrogen and oxygen atoms in total. The van der Waals surface area contributed by atoms with Gasteiger partial charge in [-0.2, -0.15) is 0 Å². The largest absolute Gasteiger partial charge is 0.465 e. The van der Waals surface area contributed by atoms with Crippen LogP contribution in [-0.2, 0) is 20.5 Å². The normalized spacial score (nSPS) is 11.1. The quantitative estimate of drug-likeness (QED) is 0.810. The van der Waals surface area contributed by atoms with Gasteiger partial charge in [0.15, 0.2) is 0 Å². The average Bonchev–Trinajstić information content (AvgIpc) is 2.45. The van der Waals surface area contributed by atoms with E-state index < -0.39 is 16.0 Å². The molecule has 0 saturated heterocycles. The molecule has 2 rings (SSSR count). The number of nitrogens with one attached hydrogen (secondary N) is 1. The zero-order valence-electron chi connectivity index (χ0n) is 12.0. The lowest BCUT2D eigenvalue weighted by atomic mass is 10.1. The first kappa shape index (κ1) is 17.6. The summed E-state index contributed by atoms with van der Waals surface area (Å²) in [5.74, 6) is -0.732. The van der Waals surface area contributed by atoms with Crippen molar-refractivity contribution in [2.45, 2.75) is 5.75 Å². The number of sulfonamides is 1. The predicted octanol–water partition coefficient (Wildman–Crippen LogP) is 3.72. The molecule has 2 aromatic rings. The predicted molar refractivity (Wildman–Crippen MR) is 90.5 cm³/mol. The molecule has 0 fully saturated rings. The summed E-state index contributed by atoms with van der Waals surface area (Å²) in [6.45, 7) is 0. The van der Waals surface area contributed by atoms with E-state index in [4.69, 9.17) is 23.2 Å². The number of esters is 1. The van der Waals surface area contributed by atoms with Crippen molar-refractivity contribution >= 4 is 44.9 Å². The van der Waals surface area contributed by atoms with E-state index in [0.717, 1.165) is 0 Å². The molecule has 0 aromatic heterocycles. The van der Waals surface area contributed by atoms with Gasteiger partial charge in [0.1, 0.15) is 0 Å². The van der Waals surface area contributed by atoms with Crippen LogP contribution in [0.2, 0.25) is 10.0 Å². The fourth-order valence-electron chi connectivity index (χ4n) is 1.90. The van der Waals surface area contributed by atoms with Crippen molar-refractivity contribution in [1.82, 2.24) is 0 Å². The minimum absolute atomic E-state index is 0.251. The highest BCUT2D eigenvalue weighted by molar-refractivity contribution is 7.91. The monoisotopic (exact) mass is 373 g/mol. The van der Waals surface area contributed by atoms with Crippen LogP contribution in [-0.4, -0.2) is 21.5 Å². The highest BCUT2D eigenvalue weighted by Gasteiger charge is 2.13. The van der Waals surface area contributed by atoms with Gasteiger partial charge in [0.25, 0.3) is 0 Å². The Morgan fingerprint density at radius 1 is 1.09 bits per heavy atom. The Morgan fingerprint density at radius 3 is 2.17 bits per heavy atom. The molecule has 2 aromatic carbocycles. The van der Waals surface area contributed by atoms with Crippen LogP contribution in [0, 0.1) is 0 Å². The van der Waals surface area contributed by atoms with Gasteiger partial charge in [0.05, 0.1) is 24.1 Å². The second-order valence-corrected chi connectivity index (χ2v) is 7.30. The molecule has 0 heterocycles. The number of rotatable bonds is 5. The lowest BCUT2D eigenvalue weighted by Gasteiger charge is -2.09. The number of anilines is 1. The summed E-state index contributed by atoms with van der Waals surface area (Å²) in [6.07, 6.45) is 0. The smallest absolute Gasteiger partial charge is 0.337 e. The molecule has 0 radical (unpaired) electrons. The van der Waals surface area contributed by atoms with Gasteiger partial charge in [-0.05, 0) is 35.9 Å². The minimum Gasteiger partial charge on any atom is -0.465 e. The summed E-state index contributed by atoms with van der Waals surface area (Å²) in [7, 11) is -2.36. The Balaban J connectivity index is 2.13. The second-order valence-electron chi connectivity index (χ2n) is 4.71. The van der Waals surface area contributed by atoms with Crippen LogP contribution in [0.4, 0.5) is 5.69 Å². The molecule has 1 N–H and O–H groups in total. The van der Waals surface area contributed by atoms with Crippen LogP contribution in [0.25, 0.3) is 0 Å². The number of ether oxygens (including phenoxy) is 1. The van der Waals surface area contributed by atoms with E-state index in [9.17, 15) is 13.2 Å². The number of benzene rings is 2. The van der Waals surface area contributed by atoms with Gasteiger partial charge in [0.2, 0.25) is 10.0 Å². The molecule has 0 aliphatic heterocycles. The lowest BCUT2D eigenvalue weighted by Crippen LogP contribution is -2.15. The van der Waals surface area contributed by atoms with E-state index in [1.54, 1.807) is 12.1 Å². The second kappa shape index (κ2) is 7.21.